The Hall–Kier alpha value is -1.71. The van der Waals surface area contributed by atoms with Gasteiger partial charge in [-0.15, -0.1) is 0 Å². The number of hydrogen-bond acceptors (Lipinski definition) is 4. The number of hydrogen-bond donors (Lipinski definition) is 1. The zero-order valence-electron chi connectivity index (χ0n) is 11.7. The molecule has 104 valence electrons. The highest BCUT2D eigenvalue weighted by Crippen LogP contribution is 2.29. The molecule has 2 rings (SSSR count). The maximum absolute atomic E-state index is 11.6. The van der Waals surface area contributed by atoms with E-state index in [9.17, 15) is 4.79 Å². The molecule has 19 heavy (non-hydrogen) atoms. The maximum atomic E-state index is 11.6. The van der Waals surface area contributed by atoms with Crippen molar-refractivity contribution >= 4 is 17.3 Å². The molecule has 1 saturated carbocycles. The summed E-state index contributed by atoms with van der Waals surface area (Å²) in [6.07, 6.45) is 5.24. The fourth-order valence-electron chi connectivity index (χ4n) is 2.80. The van der Waals surface area contributed by atoms with E-state index in [0.29, 0.717) is 11.3 Å². The van der Waals surface area contributed by atoms with Crippen LogP contribution < -0.4 is 10.6 Å². The first kappa shape index (κ1) is 13.7. The molecule has 0 amide bonds. The van der Waals surface area contributed by atoms with Gasteiger partial charge in [0, 0.05) is 13.6 Å². The first-order valence-electron chi connectivity index (χ1n) is 6.80. The molecule has 0 heterocycles. The second-order valence-corrected chi connectivity index (χ2v) is 5.30. The quantitative estimate of drug-likeness (QED) is 0.669. The Morgan fingerprint density at radius 2 is 2.11 bits per heavy atom. The molecule has 0 saturated heterocycles. The van der Waals surface area contributed by atoms with Crippen molar-refractivity contribution in [2.24, 2.45) is 5.92 Å². The number of carbonyl (C=O) groups excluding carboxylic acids is 1. The van der Waals surface area contributed by atoms with E-state index >= 15 is 0 Å². The van der Waals surface area contributed by atoms with Crippen LogP contribution in [-0.4, -0.2) is 26.7 Å². The average molecular weight is 262 g/mol. The first-order valence-corrected chi connectivity index (χ1v) is 6.80. The number of esters is 1. The highest BCUT2D eigenvalue weighted by atomic mass is 16.5. The molecule has 1 aromatic carbocycles. The molecule has 0 aromatic heterocycles. The van der Waals surface area contributed by atoms with Gasteiger partial charge in [0.15, 0.2) is 0 Å². The number of ether oxygens (including phenoxy) is 1. The SMILES string of the molecule is COC(=O)c1ccc(N)c(N(C)CC2CCCC2)c1. The Kier molecular flexibility index (Phi) is 4.30. The minimum Gasteiger partial charge on any atom is -0.465 e. The van der Waals surface area contributed by atoms with Crippen LogP contribution in [0, 0.1) is 5.92 Å². The lowest BCUT2D eigenvalue weighted by molar-refractivity contribution is 0.0601. The van der Waals surface area contributed by atoms with Crippen LogP contribution in [0.25, 0.3) is 0 Å². The predicted octanol–water partition coefficient (Wildman–Crippen LogP) is 2.68. The molecule has 0 spiro atoms. The lowest BCUT2D eigenvalue weighted by atomic mass is 10.1. The highest BCUT2D eigenvalue weighted by Gasteiger charge is 2.18. The van der Waals surface area contributed by atoms with Crippen molar-refractivity contribution < 1.29 is 9.53 Å². The van der Waals surface area contributed by atoms with Gasteiger partial charge in [-0.3, -0.25) is 0 Å². The maximum Gasteiger partial charge on any atom is 0.337 e. The summed E-state index contributed by atoms with van der Waals surface area (Å²) in [5, 5.41) is 0. The van der Waals surface area contributed by atoms with Gasteiger partial charge in [0.05, 0.1) is 24.0 Å². The van der Waals surface area contributed by atoms with Crippen molar-refractivity contribution in [3.05, 3.63) is 23.8 Å². The van der Waals surface area contributed by atoms with Gasteiger partial charge < -0.3 is 15.4 Å². The zero-order chi connectivity index (χ0) is 13.8. The van der Waals surface area contributed by atoms with E-state index in [0.717, 1.165) is 18.2 Å². The Balaban J connectivity index is 2.14. The monoisotopic (exact) mass is 262 g/mol. The van der Waals surface area contributed by atoms with E-state index < -0.39 is 0 Å². The fraction of sp³-hybridized carbons (Fsp3) is 0.533. The van der Waals surface area contributed by atoms with Crippen LogP contribution in [0.3, 0.4) is 0 Å². The van der Waals surface area contributed by atoms with Gasteiger partial charge in [0.2, 0.25) is 0 Å². The van der Waals surface area contributed by atoms with Gasteiger partial charge in [0.1, 0.15) is 0 Å². The first-order chi connectivity index (χ1) is 9.11. The standard InChI is InChI=1S/C15H22N2O2/c1-17(10-11-5-3-4-6-11)14-9-12(15(18)19-2)7-8-13(14)16/h7-9,11H,3-6,10,16H2,1-2H3. The number of rotatable bonds is 4. The van der Waals surface area contributed by atoms with Gasteiger partial charge in [-0.1, -0.05) is 12.8 Å². The summed E-state index contributed by atoms with van der Waals surface area (Å²) in [5.74, 6) is 0.418. The van der Waals surface area contributed by atoms with E-state index in [4.69, 9.17) is 10.5 Å². The number of nitrogens with zero attached hydrogens (tertiary/aromatic N) is 1. The van der Waals surface area contributed by atoms with Gasteiger partial charge in [0.25, 0.3) is 0 Å². The Morgan fingerprint density at radius 1 is 1.42 bits per heavy atom. The Labute approximate surface area is 114 Å². The number of carbonyl (C=O) groups is 1. The molecule has 0 atom stereocenters. The van der Waals surface area contributed by atoms with Crippen LogP contribution in [0.4, 0.5) is 11.4 Å². The van der Waals surface area contributed by atoms with Crippen LogP contribution in [0.2, 0.25) is 0 Å². The smallest absolute Gasteiger partial charge is 0.337 e. The summed E-state index contributed by atoms with van der Waals surface area (Å²) in [7, 11) is 3.42. The molecule has 1 aromatic rings. The molecule has 4 nitrogen and oxygen atoms in total. The number of methoxy groups -OCH3 is 1. The van der Waals surface area contributed by atoms with Gasteiger partial charge in [-0.2, -0.15) is 0 Å². The molecule has 1 aliphatic carbocycles. The molecule has 0 bridgehead atoms. The average Bonchev–Trinajstić information content (AvgIpc) is 2.91. The second kappa shape index (κ2) is 5.95. The number of benzene rings is 1. The summed E-state index contributed by atoms with van der Waals surface area (Å²) in [5.41, 5.74) is 8.17. The molecule has 2 N–H and O–H groups in total. The van der Waals surface area contributed by atoms with Crippen LogP contribution in [0.15, 0.2) is 18.2 Å². The third-order valence-electron chi connectivity index (χ3n) is 3.87. The van der Waals surface area contributed by atoms with Crippen molar-refractivity contribution in [2.75, 3.05) is 31.3 Å². The number of anilines is 2. The third-order valence-corrected chi connectivity index (χ3v) is 3.87. The third kappa shape index (κ3) is 3.19. The summed E-state index contributed by atoms with van der Waals surface area (Å²) >= 11 is 0. The van der Waals surface area contributed by atoms with Crippen molar-refractivity contribution in [1.82, 2.24) is 0 Å². The van der Waals surface area contributed by atoms with E-state index in [1.54, 1.807) is 12.1 Å². The van der Waals surface area contributed by atoms with E-state index in [2.05, 4.69) is 4.90 Å². The van der Waals surface area contributed by atoms with Crippen LogP contribution in [0.5, 0.6) is 0 Å². The van der Waals surface area contributed by atoms with Crippen molar-refractivity contribution in [3.63, 3.8) is 0 Å². The summed E-state index contributed by atoms with van der Waals surface area (Å²) in [6.45, 7) is 0.995. The minimum absolute atomic E-state index is 0.324. The lowest BCUT2D eigenvalue weighted by Gasteiger charge is -2.24. The molecule has 0 aliphatic heterocycles. The molecule has 0 radical (unpaired) electrons. The summed E-state index contributed by atoms with van der Waals surface area (Å²) < 4.78 is 4.75. The number of nitrogens with two attached hydrogens (primary N) is 1. The van der Waals surface area contributed by atoms with E-state index in [1.165, 1.54) is 32.8 Å². The van der Waals surface area contributed by atoms with Gasteiger partial charge >= 0.3 is 5.97 Å². The Morgan fingerprint density at radius 3 is 2.74 bits per heavy atom. The molecule has 1 aliphatic rings. The fourth-order valence-corrected chi connectivity index (χ4v) is 2.80. The zero-order valence-corrected chi connectivity index (χ0v) is 11.7. The van der Waals surface area contributed by atoms with Crippen LogP contribution in [0.1, 0.15) is 36.0 Å². The lowest BCUT2D eigenvalue weighted by Crippen LogP contribution is -2.25. The number of nitrogen functional groups attached to an aromatic ring is 1. The topological polar surface area (TPSA) is 55.6 Å². The van der Waals surface area contributed by atoms with Crippen LogP contribution >= 0.6 is 0 Å². The largest absolute Gasteiger partial charge is 0.465 e. The molecular formula is C15H22N2O2. The summed E-state index contributed by atoms with van der Waals surface area (Å²) in [4.78, 5) is 13.7. The van der Waals surface area contributed by atoms with E-state index in [-0.39, 0.29) is 5.97 Å². The predicted molar refractivity (Wildman–Crippen MR) is 77.4 cm³/mol. The normalized spacial score (nSPS) is 15.5. The Bertz CT molecular complexity index is 453. The van der Waals surface area contributed by atoms with Gasteiger partial charge in [-0.05, 0) is 37.0 Å². The van der Waals surface area contributed by atoms with Crippen molar-refractivity contribution in [1.29, 1.82) is 0 Å². The van der Waals surface area contributed by atoms with E-state index in [1.807, 2.05) is 13.1 Å². The highest BCUT2D eigenvalue weighted by molar-refractivity contribution is 5.92. The van der Waals surface area contributed by atoms with Crippen molar-refractivity contribution in [3.8, 4) is 0 Å². The van der Waals surface area contributed by atoms with Gasteiger partial charge in [-0.25, -0.2) is 4.79 Å². The second-order valence-electron chi connectivity index (χ2n) is 5.30. The van der Waals surface area contributed by atoms with Crippen molar-refractivity contribution in [2.45, 2.75) is 25.7 Å². The summed E-state index contributed by atoms with van der Waals surface area (Å²) in [6, 6.07) is 5.29. The molecule has 1 fully saturated rings. The molecule has 0 unspecified atom stereocenters. The van der Waals surface area contributed by atoms with Crippen LogP contribution in [-0.2, 0) is 4.74 Å². The minimum atomic E-state index is -0.324. The molecular weight excluding hydrogens is 240 g/mol. The molecule has 4 heteroatoms.